The number of hydrogen-bond donors (Lipinski definition) is 2. The largest absolute Gasteiger partial charge is 0.507 e. The number of fused-ring (bicyclic) bond motifs is 1. The zero-order valence-corrected chi connectivity index (χ0v) is 19.8. The quantitative estimate of drug-likeness (QED) is 0.441. The number of amides is 1. The fourth-order valence-corrected chi connectivity index (χ4v) is 4.73. The Morgan fingerprint density at radius 3 is 2.75 bits per heavy atom. The van der Waals surface area contributed by atoms with Gasteiger partial charge in [0.05, 0.1) is 12.6 Å². The van der Waals surface area contributed by atoms with Gasteiger partial charge in [-0.1, -0.05) is 30.3 Å². The normalized spacial score (nSPS) is 17.2. The van der Waals surface area contributed by atoms with Crippen molar-refractivity contribution >= 4 is 17.3 Å². The smallest absolute Gasteiger partial charge is 0.265 e. The molecule has 1 amide bonds. The number of alkyl halides is 2. The van der Waals surface area contributed by atoms with Gasteiger partial charge in [-0.25, -0.2) is 8.78 Å². The van der Waals surface area contributed by atoms with Crippen LogP contribution in [-0.4, -0.2) is 36.8 Å². The molecule has 0 bridgehead atoms. The van der Waals surface area contributed by atoms with Crippen LogP contribution in [0.5, 0.6) is 11.5 Å². The molecule has 0 saturated carbocycles. The van der Waals surface area contributed by atoms with Gasteiger partial charge in [0.15, 0.2) is 0 Å². The summed E-state index contributed by atoms with van der Waals surface area (Å²) in [5.41, 5.74) is 3.01. The van der Waals surface area contributed by atoms with Gasteiger partial charge in [0.25, 0.3) is 12.3 Å². The maximum absolute atomic E-state index is 13.7. The molecule has 3 aromatic carbocycles. The van der Waals surface area contributed by atoms with E-state index in [2.05, 4.69) is 5.32 Å². The summed E-state index contributed by atoms with van der Waals surface area (Å²) in [6.07, 6.45) is -0.318. The minimum absolute atomic E-state index is 0.0641. The van der Waals surface area contributed by atoms with Crippen LogP contribution in [-0.2, 0) is 17.8 Å². The van der Waals surface area contributed by atoms with E-state index >= 15 is 0 Å². The van der Waals surface area contributed by atoms with E-state index in [9.17, 15) is 18.7 Å². The Bertz CT molecular complexity index is 1230. The van der Waals surface area contributed by atoms with Crippen LogP contribution in [0.4, 0.5) is 20.2 Å². The average Bonchev–Trinajstić information content (AvgIpc) is 3.40. The standard InChI is InChI=1S/C28H28F2N2O4/c29-27(30)20-14-24(33)26(25(15-20)36-16-18-5-2-1-3-6-18)28(34)32-11-4-7-19-13-21(8-9-23(19)32)31-22-10-12-35-17-22/h1-3,5-6,8-9,13-15,22,27,31,33H,4,7,10-12,16-17H2. The summed E-state index contributed by atoms with van der Waals surface area (Å²) in [7, 11) is 0. The molecule has 1 atom stereocenters. The summed E-state index contributed by atoms with van der Waals surface area (Å²) in [5, 5.41) is 14.2. The predicted molar refractivity (Wildman–Crippen MR) is 133 cm³/mol. The van der Waals surface area contributed by atoms with Gasteiger partial charge in [0.1, 0.15) is 23.7 Å². The third-order valence-electron chi connectivity index (χ3n) is 6.55. The van der Waals surface area contributed by atoms with E-state index in [0.29, 0.717) is 13.2 Å². The molecule has 188 valence electrons. The molecule has 0 radical (unpaired) electrons. The van der Waals surface area contributed by atoms with Crippen LogP contribution in [0.15, 0.2) is 60.7 Å². The van der Waals surface area contributed by atoms with Gasteiger partial charge in [-0.15, -0.1) is 0 Å². The van der Waals surface area contributed by atoms with Crippen molar-refractivity contribution in [1.82, 2.24) is 0 Å². The van der Waals surface area contributed by atoms with Gasteiger partial charge in [-0.3, -0.25) is 4.79 Å². The molecule has 1 saturated heterocycles. The van der Waals surface area contributed by atoms with Crippen molar-refractivity contribution in [3.05, 3.63) is 82.9 Å². The van der Waals surface area contributed by atoms with Crippen molar-refractivity contribution in [1.29, 1.82) is 0 Å². The van der Waals surface area contributed by atoms with Gasteiger partial charge in [0.2, 0.25) is 0 Å². The van der Waals surface area contributed by atoms with Crippen molar-refractivity contribution in [2.24, 2.45) is 0 Å². The first-order valence-corrected chi connectivity index (χ1v) is 12.1. The molecule has 2 N–H and O–H groups in total. The van der Waals surface area contributed by atoms with E-state index in [1.807, 2.05) is 48.5 Å². The van der Waals surface area contributed by atoms with E-state index in [-0.39, 0.29) is 24.0 Å². The summed E-state index contributed by atoms with van der Waals surface area (Å²) in [6.45, 7) is 1.93. The summed E-state index contributed by atoms with van der Waals surface area (Å²) in [6, 6.07) is 17.4. The number of benzene rings is 3. The molecule has 5 rings (SSSR count). The van der Waals surface area contributed by atoms with Crippen molar-refractivity contribution < 1.29 is 28.2 Å². The first kappa shape index (κ1) is 24.1. The van der Waals surface area contributed by atoms with Gasteiger partial charge in [-0.2, -0.15) is 0 Å². The number of nitrogens with zero attached hydrogens (tertiary/aromatic N) is 1. The Morgan fingerprint density at radius 1 is 1.17 bits per heavy atom. The average molecular weight is 495 g/mol. The molecule has 1 fully saturated rings. The fourth-order valence-electron chi connectivity index (χ4n) is 4.73. The molecule has 1 unspecified atom stereocenters. The third-order valence-corrected chi connectivity index (χ3v) is 6.55. The number of phenolic OH excluding ortho intramolecular Hbond substituents is 1. The fraction of sp³-hybridized carbons (Fsp3) is 0.321. The second kappa shape index (κ2) is 10.5. The molecule has 8 heteroatoms. The highest BCUT2D eigenvalue weighted by atomic mass is 19.3. The number of aromatic hydroxyl groups is 1. The Hall–Kier alpha value is -3.65. The molecule has 0 spiro atoms. The lowest BCUT2D eigenvalue weighted by atomic mass is 9.99. The number of anilines is 2. The number of aryl methyl sites for hydroxylation is 1. The molecule has 6 nitrogen and oxygen atoms in total. The van der Waals surface area contributed by atoms with E-state index in [1.165, 1.54) is 0 Å². The Balaban J connectivity index is 1.44. The molecular weight excluding hydrogens is 466 g/mol. The van der Waals surface area contributed by atoms with Crippen LogP contribution >= 0.6 is 0 Å². The topological polar surface area (TPSA) is 71.0 Å². The first-order chi connectivity index (χ1) is 17.5. The highest BCUT2D eigenvalue weighted by Gasteiger charge is 2.30. The lowest BCUT2D eigenvalue weighted by molar-refractivity contribution is 0.0976. The number of nitrogens with one attached hydrogen (secondary N) is 1. The highest BCUT2D eigenvalue weighted by molar-refractivity contribution is 6.10. The van der Waals surface area contributed by atoms with Crippen molar-refractivity contribution in [3.63, 3.8) is 0 Å². The van der Waals surface area contributed by atoms with E-state index in [4.69, 9.17) is 9.47 Å². The molecule has 0 aliphatic carbocycles. The minimum atomic E-state index is -2.81. The van der Waals surface area contributed by atoms with Gasteiger partial charge in [-0.05, 0) is 60.7 Å². The van der Waals surface area contributed by atoms with Crippen LogP contribution in [0.2, 0.25) is 0 Å². The van der Waals surface area contributed by atoms with Crippen LogP contribution in [0.25, 0.3) is 0 Å². The summed E-state index contributed by atoms with van der Waals surface area (Å²) < 4.78 is 38.2. The van der Waals surface area contributed by atoms with Crippen LogP contribution < -0.4 is 15.0 Å². The number of carbonyl (C=O) groups excluding carboxylic acids is 1. The number of hydrogen-bond acceptors (Lipinski definition) is 5. The Labute approximate surface area is 208 Å². The van der Waals surface area contributed by atoms with Crippen LogP contribution in [0.3, 0.4) is 0 Å². The zero-order chi connectivity index (χ0) is 25.1. The van der Waals surface area contributed by atoms with Crippen molar-refractivity contribution in [2.75, 3.05) is 30.0 Å². The van der Waals surface area contributed by atoms with Crippen molar-refractivity contribution in [2.45, 2.75) is 38.3 Å². The predicted octanol–water partition coefficient (Wildman–Crippen LogP) is 5.70. The molecule has 3 aromatic rings. The van der Waals surface area contributed by atoms with E-state index in [1.54, 1.807) is 4.90 Å². The monoisotopic (exact) mass is 494 g/mol. The van der Waals surface area contributed by atoms with E-state index < -0.39 is 23.6 Å². The van der Waals surface area contributed by atoms with Crippen molar-refractivity contribution in [3.8, 4) is 11.5 Å². The maximum atomic E-state index is 13.7. The van der Waals surface area contributed by atoms with E-state index in [0.717, 1.165) is 60.5 Å². The zero-order valence-electron chi connectivity index (χ0n) is 19.8. The number of phenols is 1. The lowest BCUT2D eigenvalue weighted by Crippen LogP contribution is -2.36. The number of ether oxygens (including phenoxy) is 2. The van der Waals surface area contributed by atoms with Gasteiger partial charge >= 0.3 is 0 Å². The van der Waals surface area contributed by atoms with Crippen LogP contribution in [0, 0.1) is 0 Å². The minimum Gasteiger partial charge on any atom is -0.507 e. The second-order valence-corrected chi connectivity index (χ2v) is 9.10. The SMILES string of the molecule is O=C(c1c(O)cc(C(F)F)cc1OCc1ccccc1)N1CCCc2cc(NC3CCOC3)ccc21. The third kappa shape index (κ3) is 5.14. The Morgan fingerprint density at radius 2 is 2.00 bits per heavy atom. The molecule has 2 aliphatic rings. The lowest BCUT2D eigenvalue weighted by Gasteiger charge is -2.31. The second-order valence-electron chi connectivity index (χ2n) is 9.10. The first-order valence-electron chi connectivity index (χ1n) is 12.1. The highest BCUT2D eigenvalue weighted by Crippen LogP contribution is 2.38. The van der Waals surface area contributed by atoms with Crippen LogP contribution in [0.1, 0.15) is 46.3 Å². The number of halogens is 2. The van der Waals surface area contributed by atoms with Gasteiger partial charge < -0.3 is 24.8 Å². The molecule has 36 heavy (non-hydrogen) atoms. The number of rotatable bonds is 7. The summed E-state index contributed by atoms with van der Waals surface area (Å²) in [5.74, 6) is -1.07. The summed E-state index contributed by atoms with van der Waals surface area (Å²) in [4.78, 5) is 15.3. The van der Waals surface area contributed by atoms with Gasteiger partial charge in [0, 0.05) is 30.1 Å². The molecule has 0 aromatic heterocycles. The molecule has 2 heterocycles. The Kier molecular flexibility index (Phi) is 7.04. The number of carbonyl (C=O) groups is 1. The maximum Gasteiger partial charge on any atom is 0.265 e. The molecular formula is C28H28F2N2O4. The summed E-state index contributed by atoms with van der Waals surface area (Å²) >= 11 is 0. The molecule has 2 aliphatic heterocycles.